The second kappa shape index (κ2) is 6.71. The summed E-state index contributed by atoms with van der Waals surface area (Å²) in [6.45, 7) is 2.44. The topological polar surface area (TPSA) is 55.1 Å². The highest BCUT2D eigenvalue weighted by molar-refractivity contribution is 9.10. The van der Waals surface area contributed by atoms with E-state index in [1.807, 2.05) is 6.92 Å². The van der Waals surface area contributed by atoms with Gasteiger partial charge in [-0.1, -0.05) is 29.3 Å². The highest BCUT2D eigenvalue weighted by Gasteiger charge is 2.12. The molecule has 0 bridgehead atoms. The van der Waals surface area contributed by atoms with Crippen LogP contribution in [-0.2, 0) is 4.79 Å². The Morgan fingerprint density at radius 3 is 2.88 bits per heavy atom. The Labute approximate surface area is 109 Å². The van der Waals surface area contributed by atoms with Crippen LogP contribution in [0.4, 0.5) is 10.1 Å². The van der Waals surface area contributed by atoms with Crippen LogP contribution in [0.15, 0.2) is 22.7 Å². The largest absolute Gasteiger partial charge is 0.330 e. The molecule has 5 heteroatoms. The second-order valence-electron chi connectivity index (χ2n) is 3.89. The molecule has 0 heterocycles. The minimum atomic E-state index is -0.442. The van der Waals surface area contributed by atoms with Crippen LogP contribution < -0.4 is 11.1 Å². The van der Waals surface area contributed by atoms with Crippen molar-refractivity contribution < 1.29 is 9.18 Å². The summed E-state index contributed by atoms with van der Waals surface area (Å²) in [6.07, 6.45) is 1.16. The van der Waals surface area contributed by atoms with Crippen LogP contribution in [-0.4, -0.2) is 12.5 Å². The van der Waals surface area contributed by atoms with Gasteiger partial charge in [-0.05, 0) is 30.7 Å². The normalized spacial score (nSPS) is 12.2. The molecule has 0 radical (unpaired) electrons. The number of rotatable bonds is 5. The number of carbonyl (C=O) groups is 1. The van der Waals surface area contributed by atoms with Gasteiger partial charge in [0.15, 0.2) is 0 Å². The fourth-order valence-corrected chi connectivity index (χ4v) is 1.81. The third-order valence-corrected chi connectivity index (χ3v) is 3.08. The van der Waals surface area contributed by atoms with Gasteiger partial charge in [0.05, 0.1) is 5.69 Å². The Kier molecular flexibility index (Phi) is 5.58. The van der Waals surface area contributed by atoms with E-state index in [0.29, 0.717) is 13.0 Å². The highest BCUT2D eigenvalue weighted by Crippen LogP contribution is 2.20. The Morgan fingerprint density at radius 2 is 2.29 bits per heavy atom. The van der Waals surface area contributed by atoms with Gasteiger partial charge in [-0.15, -0.1) is 0 Å². The van der Waals surface area contributed by atoms with E-state index in [1.165, 1.54) is 12.1 Å². The molecule has 17 heavy (non-hydrogen) atoms. The maximum Gasteiger partial charge on any atom is 0.224 e. The minimum Gasteiger partial charge on any atom is -0.330 e. The zero-order valence-corrected chi connectivity index (χ0v) is 11.3. The maximum absolute atomic E-state index is 13.4. The summed E-state index contributed by atoms with van der Waals surface area (Å²) in [5, 5.41) is 2.55. The van der Waals surface area contributed by atoms with Crippen LogP contribution in [0.2, 0.25) is 0 Å². The predicted octanol–water partition coefficient (Wildman–Crippen LogP) is 2.90. The molecule has 3 nitrogen and oxygen atoms in total. The molecule has 0 saturated carbocycles. The molecule has 94 valence electrons. The first-order valence-corrected chi connectivity index (χ1v) is 6.31. The molecule has 1 unspecified atom stereocenters. The zero-order chi connectivity index (χ0) is 12.8. The van der Waals surface area contributed by atoms with Gasteiger partial charge < -0.3 is 11.1 Å². The molecule has 3 N–H and O–H groups in total. The fourth-order valence-electron chi connectivity index (χ4n) is 1.45. The van der Waals surface area contributed by atoms with E-state index >= 15 is 0 Å². The zero-order valence-electron chi connectivity index (χ0n) is 9.67. The molecule has 0 spiro atoms. The summed E-state index contributed by atoms with van der Waals surface area (Å²) >= 11 is 3.23. The number of amides is 1. The van der Waals surface area contributed by atoms with Crippen LogP contribution in [0.3, 0.4) is 0 Å². The summed E-state index contributed by atoms with van der Waals surface area (Å²) < 4.78 is 14.1. The van der Waals surface area contributed by atoms with Gasteiger partial charge >= 0.3 is 0 Å². The van der Waals surface area contributed by atoms with Gasteiger partial charge in [0, 0.05) is 10.9 Å². The number of hydrogen-bond donors (Lipinski definition) is 2. The number of nitrogens with one attached hydrogen (secondary N) is 1. The molecule has 0 saturated heterocycles. The van der Waals surface area contributed by atoms with Crippen molar-refractivity contribution in [2.45, 2.75) is 19.8 Å². The summed E-state index contributed by atoms with van der Waals surface area (Å²) in [4.78, 5) is 11.7. The van der Waals surface area contributed by atoms with Gasteiger partial charge in [-0.2, -0.15) is 0 Å². The first-order valence-electron chi connectivity index (χ1n) is 5.51. The Bertz CT molecular complexity index is 394. The molecule has 0 fully saturated rings. The smallest absolute Gasteiger partial charge is 0.224 e. The molecule has 1 aromatic rings. The van der Waals surface area contributed by atoms with Gasteiger partial charge in [-0.25, -0.2) is 4.39 Å². The van der Waals surface area contributed by atoms with Crippen LogP contribution >= 0.6 is 15.9 Å². The SMILES string of the molecule is CCC(CN)CC(=O)Nc1cc(Br)ccc1F. The van der Waals surface area contributed by atoms with Crippen molar-refractivity contribution in [3.05, 3.63) is 28.5 Å². The van der Waals surface area contributed by atoms with Gasteiger partial charge in [0.1, 0.15) is 5.82 Å². The monoisotopic (exact) mass is 302 g/mol. The third kappa shape index (κ3) is 4.44. The van der Waals surface area contributed by atoms with Crippen molar-refractivity contribution in [2.75, 3.05) is 11.9 Å². The molecule has 0 aromatic heterocycles. The van der Waals surface area contributed by atoms with E-state index < -0.39 is 5.82 Å². The van der Waals surface area contributed by atoms with Gasteiger partial charge in [0.25, 0.3) is 0 Å². The molecule has 1 atom stereocenters. The number of anilines is 1. The lowest BCUT2D eigenvalue weighted by molar-refractivity contribution is -0.117. The summed E-state index contributed by atoms with van der Waals surface area (Å²) in [6, 6.07) is 4.43. The lowest BCUT2D eigenvalue weighted by atomic mass is 10.0. The molecule has 1 rings (SSSR count). The van der Waals surface area contributed by atoms with Gasteiger partial charge in [0.2, 0.25) is 5.91 Å². The van der Waals surface area contributed by atoms with Crippen LogP contribution in [0.1, 0.15) is 19.8 Å². The third-order valence-electron chi connectivity index (χ3n) is 2.59. The van der Waals surface area contributed by atoms with Gasteiger partial charge in [-0.3, -0.25) is 4.79 Å². The molecule has 1 aromatic carbocycles. The van der Waals surface area contributed by atoms with Crippen molar-refractivity contribution in [1.82, 2.24) is 0 Å². The van der Waals surface area contributed by atoms with E-state index in [0.717, 1.165) is 10.9 Å². The fraction of sp³-hybridized carbons (Fsp3) is 0.417. The van der Waals surface area contributed by atoms with Crippen LogP contribution in [0.25, 0.3) is 0 Å². The number of nitrogens with two attached hydrogens (primary N) is 1. The second-order valence-corrected chi connectivity index (χ2v) is 4.80. The molecule has 1 amide bonds. The Balaban J connectivity index is 2.64. The number of hydrogen-bond acceptors (Lipinski definition) is 2. The molecular formula is C12H16BrFN2O. The van der Waals surface area contributed by atoms with Crippen LogP contribution in [0, 0.1) is 11.7 Å². The quantitative estimate of drug-likeness (QED) is 0.879. The Morgan fingerprint density at radius 1 is 1.59 bits per heavy atom. The average Bonchev–Trinajstić information content (AvgIpc) is 2.31. The standard InChI is InChI=1S/C12H16BrFN2O/c1-2-8(7-15)5-12(17)16-11-6-9(13)3-4-10(11)14/h3-4,6,8H,2,5,7,15H2,1H3,(H,16,17). The summed E-state index contributed by atoms with van der Waals surface area (Å²) in [7, 11) is 0. The van der Waals surface area contributed by atoms with Crippen molar-refractivity contribution in [3.63, 3.8) is 0 Å². The Hall–Kier alpha value is -0.940. The molecule has 0 aliphatic carbocycles. The number of carbonyl (C=O) groups excluding carboxylic acids is 1. The van der Waals surface area contributed by atoms with Crippen LogP contribution in [0.5, 0.6) is 0 Å². The first kappa shape index (κ1) is 14.1. The lowest BCUT2D eigenvalue weighted by Gasteiger charge is -2.12. The highest BCUT2D eigenvalue weighted by atomic mass is 79.9. The van der Waals surface area contributed by atoms with Crippen molar-refractivity contribution in [3.8, 4) is 0 Å². The lowest BCUT2D eigenvalue weighted by Crippen LogP contribution is -2.22. The minimum absolute atomic E-state index is 0.144. The van der Waals surface area contributed by atoms with E-state index in [9.17, 15) is 9.18 Å². The molecule has 0 aliphatic heterocycles. The van der Waals surface area contributed by atoms with E-state index in [2.05, 4.69) is 21.2 Å². The summed E-state index contributed by atoms with van der Waals surface area (Å²) in [5.74, 6) is -0.508. The van der Waals surface area contributed by atoms with Crippen molar-refractivity contribution in [2.24, 2.45) is 11.7 Å². The van der Waals surface area contributed by atoms with E-state index in [1.54, 1.807) is 6.07 Å². The molecular weight excluding hydrogens is 287 g/mol. The summed E-state index contributed by atoms with van der Waals surface area (Å²) in [5.41, 5.74) is 5.71. The van der Waals surface area contributed by atoms with Crippen molar-refractivity contribution >= 4 is 27.5 Å². The molecule has 0 aliphatic rings. The van der Waals surface area contributed by atoms with E-state index in [4.69, 9.17) is 5.73 Å². The van der Waals surface area contributed by atoms with Crippen molar-refractivity contribution in [1.29, 1.82) is 0 Å². The van der Waals surface area contributed by atoms with E-state index in [-0.39, 0.29) is 17.5 Å². The average molecular weight is 303 g/mol. The number of benzene rings is 1. The predicted molar refractivity (Wildman–Crippen MR) is 70.2 cm³/mol. The number of halogens is 2. The first-order chi connectivity index (χ1) is 8.06. The maximum atomic E-state index is 13.4.